The highest BCUT2D eigenvalue weighted by Gasteiger charge is 2.25. The second-order valence-electron chi connectivity index (χ2n) is 4.28. The summed E-state index contributed by atoms with van der Waals surface area (Å²) in [6.07, 6.45) is 3.58. The Morgan fingerprint density at radius 1 is 1.47 bits per heavy atom. The third-order valence-corrected chi connectivity index (χ3v) is 3.57. The van der Waals surface area contributed by atoms with Gasteiger partial charge in [-0.3, -0.25) is 0 Å². The smallest absolute Gasteiger partial charge is 0.101 e. The molecule has 1 saturated carbocycles. The van der Waals surface area contributed by atoms with Gasteiger partial charge in [-0.25, -0.2) is 0 Å². The summed E-state index contributed by atoms with van der Waals surface area (Å²) < 4.78 is 0. The van der Waals surface area contributed by atoms with Gasteiger partial charge >= 0.3 is 0 Å². The first-order valence-corrected chi connectivity index (χ1v) is 6.21. The molecule has 0 saturated heterocycles. The van der Waals surface area contributed by atoms with E-state index < -0.39 is 0 Å². The van der Waals surface area contributed by atoms with E-state index in [1.807, 2.05) is 12.1 Å². The van der Waals surface area contributed by atoms with Crippen molar-refractivity contribution in [1.29, 1.82) is 5.26 Å². The average molecular weight is 251 g/mol. The van der Waals surface area contributed by atoms with Gasteiger partial charge < -0.3 is 10.0 Å². The molecule has 0 unspecified atom stereocenters. The molecule has 0 bridgehead atoms. The number of nitrogens with zero attached hydrogens (tertiary/aromatic N) is 2. The Kier molecular flexibility index (Phi) is 3.88. The molecular formula is C13H15ClN2O. The maximum atomic E-state index is 9.11. The van der Waals surface area contributed by atoms with Crippen LogP contribution in [0.25, 0.3) is 0 Å². The molecule has 1 aromatic rings. The summed E-state index contributed by atoms with van der Waals surface area (Å²) in [4.78, 5) is 2.18. The molecule has 0 aromatic heterocycles. The number of aliphatic hydroxyl groups is 1. The molecule has 1 aliphatic carbocycles. The van der Waals surface area contributed by atoms with Gasteiger partial charge in [-0.1, -0.05) is 11.6 Å². The number of rotatable bonds is 4. The molecule has 1 aromatic carbocycles. The number of halogens is 1. The lowest BCUT2D eigenvalue weighted by molar-refractivity contribution is 0.283. The van der Waals surface area contributed by atoms with Crippen LogP contribution in [0.1, 0.15) is 24.8 Å². The molecule has 1 fully saturated rings. The van der Waals surface area contributed by atoms with Gasteiger partial charge in [-0.15, -0.1) is 0 Å². The van der Waals surface area contributed by atoms with Crippen molar-refractivity contribution in [3.63, 3.8) is 0 Å². The molecule has 3 nitrogen and oxygen atoms in total. The van der Waals surface area contributed by atoms with Crippen LogP contribution < -0.4 is 4.90 Å². The summed E-state index contributed by atoms with van der Waals surface area (Å²) in [6.45, 7) is 0.751. The van der Waals surface area contributed by atoms with Crippen molar-refractivity contribution in [2.24, 2.45) is 0 Å². The van der Waals surface area contributed by atoms with Gasteiger partial charge in [0.05, 0.1) is 17.2 Å². The zero-order valence-electron chi connectivity index (χ0n) is 9.56. The van der Waals surface area contributed by atoms with Gasteiger partial charge in [0.2, 0.25) is 0 Å². The maximum Gasteiger partial charge on any atom is 0.101 e. The fourth-order valence-electron chi connectivity index (χ4n) is 2.10. The highest BCUT2D eigenvalue weighted by Crippen LogP contribution is 2.31. The maximum absolute atomic E-state index is 9.11. The number of anilines is 1. The molecule has 0 amide bonds. The van der Waals surface area contributed by atoms with Gasteiger partial charge in [0.1, 0.15) is 6.07 Å². The summed E-state index contributed by atoms with van der Waals surface area (Å²) in [6, 6.07) is 8.01. The molecule has 1 aliphatic rings. The van der Waals surface area contributed by atoms with E-state index in [0.717, 1.165) is 18.5 Å². The topological polar surface area (TPSA) is 47.3 Å². The van der Waals surface area contributed by atoms with Gasteiger partial charge in [0.25, 0.3) is 0 Å². The first-order valence-electron chi connectivity index (χ1n) is 5.83. The van der Waals surface area contributed by atoms with Crippen molar-refractivity contribution in [3.8, 4) is 6.07 Å². The Labute approximate surface area is 106 Å². The van der Waals surface area contributed by atoms with E-state index in [1.54, 1.807) is 6.07 Å². The lowest BCUT2D eigenvalue weighted by Gasteiger charge is -2.39. The molecule has 2 rings (SSSR count). The zero-order chi connectivity index (χ0) is 12.3. The van der Waals surface area contributed by atoms with Crippen LogP contribution in [0.4, 0.5) is 5.69 Å². The number of aliphatic hydroxyl groups excluding tert-OH is 1. The summed E-state index contributed by atoms with van der Waals surface area (Å²) in [5, 5.41) is 18.4. The quantitative estimate of drug-likeness (QED) is 0.894. The molecule has 90 valence electrons. The Hall–Kier alpha value is -1.24. The number of benzene rings is 1. The van der Waals surface area contributed by atoms with E-state index >= 15 is 0 Å². The van der Waals surface area contributed by atoms with Gasteiger partial charge in [-0.05, 0) is 37.5 Å². The van der Waals surface area contributed by atoms with Crippen molar-refractivity contribution in [1.82, 2.24) is 0 Å². The Balaban J connectivity index is 2.23. The summed E-state index contributed by atoms with van der Waals surface area (Å²) >= 11 is 6.03. The minimum absolute atomic E-state index is 0.133. The summed E-state index contributed by atoms with van der Waals surface area (Å²) in [5.74, 6) is 0. The SMILES string of the molecule is N#Cc1ccc(N(CCO)C2CCC2)cc1Cl. The molecule has 0 aliphatic heterocycles. The van der Waals surface area contributed by atoms with Crippen molar-refractivity contribution >= 4 is 17.3 Å². The molecule has 1 N–H and O–H groups in total. The Morgan fingerprint density at radius 3 is 2.71 bits per heavy atom. The van der Waals surface area contributed by atoms with Crippen molar-refractivity contribution < 1.29 is 5.11 Å². The van der Waals surface area contributed by atoms with Crippen molar-refractivity contribution in [2.45, 2.75) is 25.3 Å². The van der Waals surface area contributed by atoms with Crippen LogP contribution in [0.2, 0.25) is 5.02 Å². The van der Waals surface area contributed by atoms with Gasteiger partial charge in [0, 0.05) is 18.3 Å². The van der Waals surface area contributed by atoms with E-state index in [0.29, 0.717) is 23.2 Å². The van der Waals surface area contributed by atoms with Crippen molar-refractivity contribution in [2.75, 3.05) is 18.1 Å². The average Bonchev–Trinajstić information content (AvgIpc) is 2.26. The number of nitriles is 1. The lowest BCUT2D eigenvalue weighted by atomic mass is 9.91. The largest absolute Gasteiger partial charge is 0.395 e. The third-order valence-electron chi connectivity index (χ3n) is 3.26. The highest BCUT2D eigenvalue weighted by atomic mass is 35.5. The van der Waals surface area contributed by atoms with E-state index in [2.05, 4.69) is 11.0 Å². The summed E-state index contributed by atoms with van der Waals surface area (Å²) in [7, 11) is 0. The van der Waals surface area contributed by atoms with Crippen LogP contribution in [0.15, 0.2) is 18.2 Å². The number of hydrogen-bond acceptors (Lipinski definition) is 3. The lowest BCUT2D eigenvalue weighted by Crippen LogP contribution is -2.41. The minimum atomic E-state index is 0.133. The standard InChI is InChI=1S/C13H15ClN2O/c14-13-8-12(5-4-10(13)9-15)16(6-7-17)11-2-1-3-11/h4-5,8,11,17H,1-3,6-7H2. The van der Waals surface area contributed by atoms with Crippen LogP contribution in [0, 0.1) is 11.3 Å². The second kappa shape index (κ2) is 5.39. The van der Waals surface area contributed by atoms with Crippen LogP contribution >= 0.6 is 11.6 Å². The predicted octanol–water partition coefficient (Wildman–Crippen LogP) is 2.56. The monoisotopic (exact) mass is 250 g/mol. The minimum Gasteiger partial charge on any atom is -0.395 e. The third kappa shape index (κ3) is 2.54. The predicted molar refractivity (Wildman–Crippen MR) is 68.2 cm³/mol. The van der Waals surface area contributed by atoms with Crippen LogP contribution in [0.5, 0.6) is 0 Å². The normalized spacial score (nSPS) is 15.1. The van der Waals surface area contributed by atoms with Gasteiger partial charge in [0.15, 0.2) is 0 Å². The fourth-order valence-corrected chi connectivity index (χ4v) is 2.32. The Morgan fingerprint density at radius 2 is 2.24 bits per heavy atom. The van der Waals surface area contributed by atoms with E-state index in [-0.39, 0.29) is 6.61 Å². The number of hydrogen-bond donors (Lipinski definition) is 1. The molecule has 0 atom stereocenters. The second-order valence-corrected chi connectivity index (χ2v) is 4.68. The molecule has 4 heteroatoms. The van der Waals surface area contributed by atoms with E-state index in [1.165, 1.54) is 6.42 Å². The van der Waals surface area contributed by atoms with Gasteiger partial charge in [-0.2, -0.15) is 5.26 Å². The van der Waals surface area contributed by atoms with Crippen LogP contribution in [-0.4, -0.2) is 24.3 Å². The molecule has 0 radical (unpaired) electrons. The summed E-state index contributed by atoms with van der Waals surface area (Å²) in [5.41, 5.74) is 1.49. The van der Waals surface area contributed by atoms with Crippen molar-refractivity contribution in [3.05, 3.63) is 28.8 Å². The Bertz CT molecular complexity index is 438. The fraction of sp³-hybridized carbons (Fsp3) is 0.462. The van der Waals surface area contributed by atoms with Crippen LogP contribution in [-0.2, 0) is 0 Å². The zero-order valence-corrected chi connectivity index (χ0v) is 10.3. The van der Waals surface area contributed by atoms with Crippen LogP contribution in [0.3, 0.4) is 0 Å². The molecule has 17 heavy (non-hydrogen) atoms. The first-order chi connectivity index (χ1) is 8.26. The van der Waals surface area contributed by atoms with E-state index in [4.69, 9.17) is 22.0 Å². The van der Waals surface area contributed by atoms with E-state index in [9.17, 15) is 0 Å². The highest BCUT2D eigenvalue weighted by molar-refractivity contribution is 6.32. The first kappa shape index (κ1) is 12.2. The molecule has 0 heterocycles. The molecule has 0 spiro atoms. The molecular weight excluding hydrogens is 236 g/mol.